The smallest absolute Gasteiger partial charge is 0.336 e. The quantitative estimate of drug-likeness (QED) is 0.547. The molecule has 0 amide bonds. The van der Waals surface area contributed by atoms with E-state index in [2.05, 4.69) is 4.90 Å². The van der Waals surface area contributed by atoms with E-state index in [4.69, 9.17) is 25.5 Å². The zero-order valence-electron chi connectivity index (χ0n) is 16.5. The molecule has 28 heavy (non-hydrogen) atoms. The van der Waals surface area contributed by atoms with Crippen LogP contribution in [0.3, 0.4) is 0 Å². The van der Waals surface area contributed by atoms with Gasteiger partial charge in [-0.2, -0.15) is 0 Å². The molecule has 3 aromatic rings. The fourth-order valence-electron chi connectivity index (χ4n) is 3.21. The first kappa shape index (κ1) is 20.2. The predicted molar refractivity (Wildman–Crippen MR) is 112 cm³/mol. The first-order valence-corrected chi connectivity index (χ1v) is 9.41. The molecule has 5 nitrogen and oxygen atoms in total. The van der Waals surface area contributed by atoms with Crippen LogP contribution < -0.4 is 15.1 Å². The Balaban J connectivity index is 1.76. The summed E-state index contributed by atoms with van der Waals surface area (Å²) < 4.78 is 16.0. The highest BCUT2D eigenvalue weighted by molar-refractivity contribution is 6.32. The lowest BCUT2D eigenvalue weighted by Gasteiger charge is -2.18. The molecular formula is C22H24ClNO4. The Morgan fingerprint density at radius 1 is 1.07 bits per heavy atom. The van der Waals surface area contributed by atoms with E-state index in [1.54, 1.807) is 20.3 Å². The maximum atomic E-state index is 11.9. The summed E-state index contributed by atoms with van der Waals surface area (Å²) in [5.41, 5.74) is 3.16. The highest BCUT2D eigenvalue weighted by Gasteiger charge is 2.11. The average molecular weight is 402 g/mol. The lowest BCUT2D eigenvalue weighted by Crippen LogP contribution is -2.21. The standard InChI is InChI=1S/C22H24ClNO4/c1-14-9-20-17(12-18(14)23)16(11-22(25)28-20)13-24(2)8-7-15-5-6-19(26-3)21(10-15)27-4/h5-6,9-12H,7-8,13H2,1-4H3. The van der Waals surface area contributed by atoms with Gasteiger partial charge in [0.1, 0.15) is 5.58 Å². The number of fused-ring (bicyclic) bond motifs is 1. The zero-order chi connectivity index (χ0) is 20.3. The SMILES string of the molecule is COc1ccc(CCN(C)Cc2cc(=O)oc3cc(C)c(Cl)cc23)cc1OC. The molecule has 0 bridgehead atoms. The molecule has 0 saturated heterocycles. The van der Waals surface area contributed by atoms with Crippen molar-refractivity contribution in [2.75, 3.05) is 27.8 Å². The summed E-state index contributed by atoms with van der Waals surface area (Å²) in [6.45, 7) is 3.33. The Kier molecular flexibility index (Phi) is 6.27. The molecule has 0 saturated carbocycles. The summed E-state index contributed by atoms with van der Waals surface area (Å²) in [5.74, 6) is 1.44. The van der Waals surface area contributed by atoms with Gasteiger partial charge >= 0.3 is 5.63 Å². The van der Waals surface area contributed by atoms with E-state index < -0.39 is 0 Å². The van der Waals surface area contributed by atoms with Crippen LogP contribution in [-0.4, -0.2) is 32.7 Å². The molecule has 0 radical (unpaired) electrons. The van der Waals surface area contributed by atoms with E-state index in [1.807, 2.05) is 44.3 Å². The zero-order valence-corrected chi connectivity index (χ0v) is 17.3. The summed E-state index contributed by atoms with van der Waals surface area (Å²) in [4.78, 5) is 14.1. The molecule has 0 atom stereocenters. The topological polar surface area (TPSA) is 51.9 Å². The van der Waals surface area contributed by atoms with Gasteiger partial charge in [0.05, 0.1) is 14.2 Å². The van der Waals surface area contributed by atoms with Crippen molar-refractivity contribution in [1.29, 1.82) is 0 Å². The van der Waals surface area contributed by atoms with Gasteiger partial charge in [-0.05, 0) is 61.3 Å². The molecule has 0 spiro atoms. The number of rotatable bonds is 7. The van der Waals surface area contributed by atoms with Crippen LogP contribution in [-0.2, 0) is 13.0 Å². The summed E-state index contributed by atoms with van der Waals surface area (Å²) in [6, 6.07) is 11.2. The number of aryl methyl sites for hydroxylation is 1. The van der Waals surface area contributed by atoms with Crippen LogP contribution in [0.15, 0.2) is 45.6 Å². The van der Waals surface area contributed by atoms with Crippen molar-refractivity contribution in [2.24, 2.45) is 0 Å². The van der Waals surface area contributed by atoms with E-state index in [0.717, 1.165) is 40.8 Å². The van der Waals surface area contributed by atoms with Gasteiger partial charge in [0.25, 0.3) is 0 Å². The number of hydrogen-bond donors (Lipinski definition) is 0. The molecule has 0 aliphatic carbocycles. The third-order valence-electron chi connectivity index (χ3n) is 4.78. The molecule has 2 aromatic carbocycles. The molecule has 0 fully saturated rings. The van der Waals surface area contributed by atoms with Crippen LogP contribution in [0, 0.1) is 6.92 Å². The molecule has 0 N–H and O–H groups in total. The number of methoxy groups -OCH3 is 2. The van der Waals surface area contributed by atoms with Crippen molar-refractivity contribution < 1.29 is 13.9 Å². The van der Waals surface area contributed by atoms with Crippen LogP contribution >= 0.6 is 11.6 Å². The summed E-state index contributed by atoms with van der Waals surface area (Å²) in [6.07, 6.45) is 0.843. The second kappa shape index (κ2) is 8.67. The van der Waals surface area contributed by atoms with Gasteiger partial charge in [-0.25, -0.2) is 4.79 Å². The van der Waals surface area contributed by atoms with Crippen molar-refractivity contribution in [3.8, 4) is 11.5 Å². The first-order chi connectivity index (χ1) is 13.4. The van der Waals surface area contributed by atoms with Gasteiger partial charge in [-0.3, -0.25) is 0 Å². The Hall–Kier alpha value is -2.50. The normalized spacial score (nSPS) is 11.2. The number of likely N-dealkylation sites (N-methyl/N-ethyl adjacent to an activating group) is 1. The highest BCUT2D eigenvalue weighted by Crippen LogP contribution is 2.28. The van der Waals surface area contributed by atoms with Gasteiger partial charge in [-0.15, -0.1) is 0 Å². The minimum absolute atomic E-state index is 0.350. The van der Waals surface area contributed by atoms with Crippen molar-refractivity contribution >= 4 is 22.6 Å². The van der Waals surface area contributed by atoms with Crippen LogP contribution in [0.5, 0.6) is 11.5 Å². The number of benzene rings is 2. The van der Waals surface area contributed by atoms with Gasteiger partial charge in [0.15, 0.2) is 11.5 Å². The lowest BCUT2D eigenvalue weighted by molar-refractivity contribution is 0.330. The van der Waals surface area contributed by atoms with E-state index >= 15 is 0 Å². The second-order valence-corrected chi connectivity index (χ2v) is 7.27. The van der Waals surface area contributed by atoms with Gasteiger partial charge < -0.3 is 18.8 Å². The van der Waals surface area contributed by atoms with Gasteiger partial charge in [0, 0.05) is 29.6 Å². The molecule has 1 heterocycles. The van der Waals surface area contributed by atoms with Gasteiger partial charge in [-0.1, -0.05) is 17.7 Å². The minimum atomic E-state index is -0.350. The number of halogens is 1. The predicted octanol–water partition coefficient (Wildman–Crippen LogP) is 4.45. The molecular weight excluding hydrogens is 378 g/mol. The monoisotopic (exact) mass is 401 g/mol. The van der Waals surface area contributed by atoms with E-state index in [0.29, 0.717) is 22.9 Å². The number of hydrogen-bond acceptors (Lipinski definition) is 5. The first-order valence-electron chi connectivity index (χ1n) is 9.03. The van der Waals surface area contributed by atoms with Gasteiger partial charge in [0.2, 0.25) is 0 Å². The van der Waals surface area contributed by atoms with Crippen molar-refractivity contribution in [2.45, 2.75) is 19.9 Å². The molecule has 0 aliphatic heterocycles. The molecule has 1 aromatic heterocycles. The molecule has 3 rings (SSSR count). The van der Waals surface area contributed by atoms with Crippen molar-refractivity contribution in [1.82, 2.24) is 4.90 Å². The number of ether oxygens (including phenoxy) is 2. The maximum Gasteiger partial charge on any atom is 0.336 e. The lowest BCUT2D eigenvalue weighted by atomic mass is 10.1. The Labute approximate surface area is 169 Å². The van der Waals surface area contributed by atoms with Crippen LogP contribution in [0.1, 0.15) is 16.7 Å². The third-order valence-corrected chi connectivity index (χ3v) is 5.19. The van der Waals surface area contributed by atoms with Crippen molar-refractivity contribution in [3.05, 3.63) is 68.5 Å². The molecule has 0 aliphatic rings. The third kappa shape index (κ3) is 4.49. The fourth-order valence-corrected chi connectivity index (χ4v) is 3.37. The molecule has 6 heteroatoms. The fraction of sp³-hybridized carbons (Fsp3) is 0.318. The summed E-state index contributed by atoms with van der Waals surface area (Å²) in [7, 11) is 5.28. The van der Waals surface area contributed by atoms with Crippen LogP contribution in [0.4, 0.5) is 0 Å². The summed E-state index contributed by atoms with van der Waals surface area (Å²) in [5, 5.41) is 1.53. The Morgan fingerprint density at radius 3 is 2.54 bits per heavy atom. The van der Waals surface area contributed by atoms with Crippen LogP contribution in [0.25, 0.3) is 11.0 Å². The highest BCUT2D eigenvalue weighted by atomic mass is 35.5. The number of nitrogens with zero attached hydrogens (tertiary/aromatic N) is 1. The largest absolute Gasteiger partial charge is 0.493 e. The average Bonchev–Trinajstić information content (AvgIpc) is 2.67. The van der Waals surface area contributed by atoms with Crippen molar-refractivity contribution in [3.63, 3.8) is 0 Å². The van der Waals surface area contributed by atoms with E-state index in [9.17, 15) is 4.79 Å². The minimum Gasteiger partial charge on any atom is -0.493 e. The van der Waals surface area contributed by atoms with Crippen LogP contribution in [0.2, 0.25) is 5.02 Å². The molecule has 148 valence electrons. The maximum absolute atomic E-state index is 11.9. The Bertz CT molecular complexity index is 1040. The summed E-state index contributed by atoms with van der Waals surface area (Å²) >= 11 is 6.27. The molecule has 0 unspecified atom stereocenters. The Morgan fingerprint density at radius 2 is 1.82 bits per heavy atom. The van der Waals surface area contributed by atoms with E-state index in [-0.39, 0.29) is 5.63 Å². The second-order valence-electron chi connectivity index (χ2n) is 6.87. The van der Waals surface area contributed by atoms with E-state index in [1.165, 1.54) is 0 Å².